The largest absolute Gasteiger partial charge is 0.508 e. The number of hydrogen-bond donors (Lipinski definition) is 11. The second-order valence-electron chi connectivity index (χ2n) is 9.56. The molecule has 5 atom stereocenters. The zero-order valence-corrected chi connectivity index (χ0v) is 23.4. The molecular weight excluding hydrogens is 552 g/mol. The van der Waals surface area contributed by atoms with Gasteiger partial charge < -0.3 is 59.9 Å². The molecule has 1 rings (SSSR count). The summed E-state index contributed by atoms with van der Waals surface area (Å²) in [5.41, 5.74) is 28.1. The van der Waals surface area contributed by atoms with Gasteiger partial charge in [-0.3, -0.25) is 24.4 Å². The first-order valence-electron chi connectivity index (χ1n) is 13.2. The van der Waals surface area contributed by atoms with Gasteiger partial charge in [0.05, 0.1) is 12.1 Å². The number of aliphatic carboxylic acids is 1. The summed E-state index contributed by atoms with van der Waals surface area (Å²) in [6.45, 7) is 1.46. The predicted octanol–water partition coefficient (Wildman–Crippen LogP) is -3.71. The molecule has 0 fully saturated rings. The number of phenolic OH excluding ortho intramolecular Hbond substituents is 1. The van der Waals surface area contributed by atoms with Gasteiger partial charge >= 0.3 is 5.97 Å². The average Bonchev–Trinajstić information content (AvgIpc) is 2.90. The Morgan fingerprint density at radius 3 is 1.69 bits per heavy atom. The maximum atomic E-state index is 13.3. The van der Waals surface area contributed by atoms with Crippen molar-refractivity contribution in [3.05, 3.63) is 29.8 Å². The molecule has 234 valence electrons. The molecule has 0 aromatic heterocycles. The smallest absolute Gasteiger partial charge is 0.328 e. The Bertz CT molecular complexity index is 1100. The number of phenols is 1. The van der Waals surface area contributed by atoms with Gasteiger partial charge in [0, 0.05) is 13.1 Å². The summed E-state index contributed by atoms with van der Waals surface area (Å²) in [6, 6.07) is 0.977. The number of aliphatic hydroxyl groups excluding tert-OH is 1. The van der Waals surface area contributed by atoms with Gasteiger partial charge in [-0.15, -0.1) is 0 Å². The third-order valence-electron chi connectivity index (χ3n) is 5.93. The van der Waals surface area contributed by atoms with Crippen LogP contribution in [0.2, 0.25) is 0 Å². The van der Waals surface area contributed by atoms with Gasteiger partial charge in [-0.25, -0.2) is 4.79 Å². The zero-order chi connectivity index (χ0) is 31.8. The molecule has 0 heterocycles. The maximum Gasteiger partial charge on any atom is 0.328 e. The molecule has 0 spiro atoms. The van der Waals surface area contributed by atoms with Crippen LogP contribution in [0.3, 0.4) is 0 Å². The summed E-state index contributed by atoms with van der Waals surface area (Å²) in [5.74, 6) is -4.04. The highest BCUT2D eigenvalue weighted by Gasteiger charge is 2.31. The highest BCUT2D eigenvalue weighted by atomic mass is 16.4. The van der Waals surface area contributed by atoms with Crippen LogP contribution in [0.1, 0.15) is 38.2 Å². The Kier molecular flexibility index (Phi) is 15.1. The number of nitrogens with zero attached hydrogens (tertiary/aromatic N) is 2. The van der Waals surface area contributed by atoms with Crippen LogP contribution < -0.4 is 44.6 Å². The number of amides is 3. The Hall–Kier alpha value is -4.64. The molecule has 1 aromatic rings. The molecule has 0 aliphatic heterocycles. The van der Waals surface area contributed by atoms with Crippen molar-refractivity contribution in [2.24, 2.45) is 38.7 Å². The first kappa shape index (κ1) is 35.4. The lowest BCUT2D eigenvalue weighted by Gasteiger charge is -2.26. The van der Waals surface area contributed by atoms with E-state index in [0.29, 0.717) is 5.56 Å². The van der Waals surface area contributed by atoms with E-state index in [1.165, 1.54) is 19.1 Å². The molecular formula is C25H42N10O7. The van der Waals surface area contributed by atoms with Crippen molar-refractivity contribution in [1.29, 1.82) is 0 Å². The zero-order valence-electron chi connectivity index (χ0n) is 23.4. The minimum Gasteiger partial charge on any atom is -0.508 e. The van der Waals surface area contributed by atoms with E-state index in [4.69, 9.17) is 28.7 Å². The molecule has 0 saturated carbocycles. The van der Waals surface area contributed by atoms with Gasteiger partial charge in [0.15, 0.2) is 18.0 Å². The average molecular weight is 595 g/mol. The van der Waals surface area contributed by atoms with Gasteiger partial charge in [-0.05, 0) is 56.7 Å². The lowest BCUT2D eigenvalue weighted by atomic mass is 10.0. The molecule has 0 saturated heterocycles. The van der Waals surface area contributed by atoms with Crippen LogP contribution in [0.4, 0.5) is 0 Å². The number of carbonyl (C=O) groups is 4. The normalized spacial score (nSPS) is 14.3. The summed E-state index contributed by atoms with van der Waals surface area (Å²) >= 11 is 0. The summed E-state index contributed by atoms with van der Waals surface area (Å²) in [4.78, 5) is 58.4. The fraction of sp³-hybridized carbons (Fsp3) is 0.520. The summed E-state index contributed by atoms with van der Waals surface area (Å²) in [6.07, 6.45) is -0.763. The Labute approximate surface area is 243 Å². The molecule has 16 N–H and O–H groups in total. The number of carboxylic acids is 1. The topological polar surface area (TPSA) is 320 Å². The number of rotatable bonds is 18. The van der Waals surface area contributed by atoms with Crippen molar-refractivity contribution >= 4 is 35.6 Å². The monoisotopic (exact) mass is 594 g/mol. The van der Waals surface area contributed by atoms with E-state index in [0.717, 1.165) is 0 Å². The number of nitrogens with two attached hydrogens (primary N) is 5. The number of guanidine groups is 2. The van der Waals surface area contributed by atoms with E-state index in [2.05, 4.69) is 25.9 Å². The van der Waals surface area contributed by atoms with Crippen molar-refractivity contribution < 1.29 is 34.5 Å². The number of nitrogens with one attached hydrogen (secondary N) is 3. The number of carboxylic acid groups (broad SMARTS) is 1. The molecule has 17 nitrogen and oxygen atoms in total. The van der Waals surface area contributed by atoms with E-state index in [-0.39, 0.29) is 62.9 Å². The van der Waals surface area contributed by atoms with E-state index in [1.54, 1.807) is 12.1 Å². The van der Waals surface area contributed by atoms with E-state index < -0.39 is 54.0 Å². The standard InChI is InChI=1S/C25H42N10O7/c1-13(36)19(23(41)42)35-22(40)18(5-3-11-32-25(29)30)34-21(39)17(4-2-10-31-24(27)28)33-20(38)16(26)12-14-6-8-15(37)9-7-14/h6-9,13,16-19,36-37H,2-5,10-12,26H2,1H3,(H,33,38)(H,34,39)(H,35,40)(H,41,42)(H4,27,28,31)(H4,29,30,32). The number of hydrogen-bond acceptors (Lipinski definition) is 9. The number of carbonyl (C=O) groups excluding carboxylic acids is 3. The summed E-state index contributed by atoms with van der Waals surface area (Å²) in [5, 5.41) is 35.9. The Morgan fingerprint density at radius 1 is 0.810 bits per heavy atom. The van der Waals surface area contributed by atoms with Crippen LogP contribution in [0, 0.1) is 0 Å². The van der Waals surface area contributed by atoms with Crippen LogP contribution in [0.5, 0.6) is 5.75 Å². The third kappa shape index (κ3) is 13.6. The SMILES string of the molecule is CC(O)C(NC(=O)C(CCCN=C(N)N)NC(=O)C(CCCN=C(N)N)NC(=O)C(N)Cc1ccc(O)cc1)C(=O)O. The molecule has 0 aliphatic carbocycles. The van der Waals surface area contributed by atoms with Crippen LogP contribution in [0.15, 0.2) is 34.3 Å². The quantitative estimate of drug-likeness (QED) is 0.0444. The lowest BCUT2D eigenvalue weighted by molar-refractivity contribution is -0.145. The minimum atomic E-state index is -1.64. The third-order valence-corrected chi connectivity index (χ3v) is 5.93. The van der Waals surface area contributed by atoms with Crippen LogP contribution >= 0.6 is 0 Å². The van der Waals surface area contributed by atoms with Crippen molar-refractivity contribution in [2.45, 2.75) is 69.3 Å². The Balaban J connectivity index is 3.10. The van der Waals surface area contributed by atoms with E-state index >= 15 is 0 Å². The molecule has 42 heavy (non-hydrogen) atoms. The molecule has 3 amide bonds. The van der Waals surface area contributed by atoms with Crippen molar-refractivity contribution in [1.82, 2.24) is 16.0 Å². The van der Waals surface area contributed by atoms with E-state index in [1.807, 2.05) is 0 Å². The van der Waals surface area contributed by atoms with Gasteiger partial charge in [0.2, 0.25) is 17.7 Å². The first-order chi connectivity index (χ1) is 19.7. The van der Waals surface area contributed by atoms with Crippen molar-refractivity contribution in [2.75, 3.05) is 13.1 Å². The Morgan fingerprint density at radius 2 is 1.26 bits per heavy atom. The highest BCUT2D eigenvalue weighted by molar-refractivity contribution is 5.94. The predicted molar refractivity (Wildman–Crippen MR) is 155 cm³/mol. The van der Waals surface area contributed by atoms with Gasteiger partial charge in [0.25, 0.3) is 0 Å². The number of benzene rings is 1. The highest BCUT2D eigenvalue weighted by Crippen LogP contribution is 2.11. The van der Waals surface area contributed by atoms with Crippen molar-refractivity contribution in [3.63, 3.8) is 0 Å². The molecule has 5 unspecified atom stereocenters. The van der Waals surface area contributed by atoms with Crippen molar-refractivity contribution in [3.8, 4) is 5.75 Å². The molecule has 0 bridgehead atoms. The number of aromatic hydroxyl groups is 1. The molecule has 0 aliphatic rings. The summed E-state index contributed by atoms with van der Waals surface area (Å²) < 4.78 is 0. The van der Waals surface area contributed by atoms with Gasteiger partial charge in [-0.2, -0.15) is 0 Å². The molecule has 0 radical (unpaired) electrons. The second-order valence-corrected chi connectivity index (χ2v) is 9.56. The lowest BCUT2D eigenvalue weighted by Crippen LogP contribution is -2.58. The molecule has 17 heteroatoms. The number of aliphatic hydroxyl groups is 1. The number of aliphatic imine (C=N–C) groups is 2. The first-order valence-corrected chi connectivity index (χ1v) is 13.2. The fourth-order valence-electron chi connectivity index (χ4n) is 3.72. The van der Waals surface area contributed by atoms with Crippen LogP contribution in [-0.4, -0.2) is 94.3 Å². The molecule has 1 aromatic carbocycles. The van der Waals surface area contributed by atoms with Crippen LogP contribution in [0.25, 0.3) is 0 Å². The second kappa shape index (κ2) is 17.9. The minimum absolute atomic E-state index is 0.00443. The van der Waals surface area contributed by atoms with Gasteiger partial charge in [0.1, 0.15) is 17.8 Å². The van der Waals surface area contributed by atoms with Crippen LogP contribution in [-0.2, 0) is 25.6 Å². The maximum absolute atomic E-state index is 13.3. The van der Waals surface area contributed by atoms with E-state index in [9.17, 15) is 34.5 Å². The summed E-state index contributed by atoms with van der Waals surface area (Å²) in [7, 11) is 0. The van der Waals surface area contributed by atoms with Gasteiger partial charge in [-0.1, -0.05) is 12.1 Å². The fourth-order valence-corrected chi connectivity index (χ4v) is 3.72.